The van der Waals surface area contributed by atoms with E-state index < -0.39 is 0 Å². The summed E-state index contributed by atoms with van der Waals surface area (Å²) in [6.07, 6.45) is 5.57. The third-order valence-corrected chi connectivity index (χ3v) is 2.87. The number of rotatable bonds is 2. The number of likely N-dealkylation sites (tertiary alicyclic amines) is 1. The highest BCUT2D eigenvalue weighted by Crippen LogP contribution is 2.15. The van der Waals surface area contributed by atoms with Crippen molar-refractivity contribution in [3.05, 3.63) is 28.9 Å². The molecule has 4 heteroatoms. The van der Waals surface area contributed by atoms with Gasteiger partial charge in [-0.25, -0.2) is 4.98 Å². The van der Waals surface area contributed by atoms with Gasteiger partial charge in [0, 0.05) is 24.8 Å². The van der Waals surface area contributed by atoms with Gasteiger partial charge in [0.1, 0.15) is 0 Å². The lowest BCUT2D eigenvalue weighted by Gasteiger charge is -2.19. The Morgan fingerprint density at radius 2 is 2.50 bits per heavy atom. The second kappa shape index (κ2) is 3.92. The first kappa shape index (κ1) is 9.40. The number of likely N-dealkylation sites (N-methyl/N-ethyl adjacent to an activating group) is 1. The molecular formula is C10H15N3O. The molecule has 14 heavy (non-hydrogen) atoms. The Kier molecular flexibility index (Phi) is 2.63. The molecule has 0 amide bonds. The van der Waals surface area contributed by atoms with Gasteiger partial charge in [-0.05, 0) is 26.4 Å². The number of nitrogens with zero attached hydrogens (tertiary/aromatic N) is 3. The molecule has 2 rings (SSSR count). The molecule has 1 aliphatic rings. The Morgan fingerprint density at radius 1 is 1.64 bits per heavy atom. The molecule has 2 heterocycles. The summed E-state index contributed by atoms with van der Waals surface area (Å²) in [7, 11) is 2.11. The largest absolute Gasteiger partial charge is 0.302 e. The molecule has 0 aromatic carbocycles. The van der Waals surface area contributed by atoms with E-state index in [0.717, 1.165) is 13.1 Å². The minimum Gasteiger partial charge on any atom is -0.302 e. The van der Waals surface area contributed by atoms with Gasteiger partial charge in [-0.1, -0.05) is 0 Å². The van der Waals surface area contributed by atoms with Crippen molar-refractivity contribution < 1.29 is 0 Å². The predicted molar refractivity (Wildman–Crippen MR) is 54.1 cm³/mol. The first-order chi connectivity index (χ1) is 6.77. The Balaban J connectivity index is 2.11. The fourth-order valence-corrected chi connectivity index (χ4v) is 1.95. The van der Waals surface area contributed by atoms with Gasteiger partial charge >= 0.3 is 0 Å². The summed E-state index contributed by atoms with van der Waals surface area (Å²) in [5.41, 5.74) is 0.0419. The predicted octanol–water partition coefficient (Wildman–Crippen LogP) is 0.337. The molecule has 1 fully saturated rings. The van der Waals surface area contributed by atoms with Gasteiger partial charge in [0.15, 0.2) is 0 Å². The molecule has 1 aromatic rings. The SMILES string of the molecule is CN1CCCC1Cn1cnccc1=O. The van der Waals surface area contributed by atoms with E-state index >= 15 is 0 Å². The van der Waals surface area contributed by atoms with E-state index in [1.54, 1.807) is 10.9 Å². The summed E-state index contributed by atoms with van der Waals surface area (Å²) < 4.78 is 1.69. The maximum atomic E-state index is 11.4. The van der Waals surface area contributed by atoms with Gasteiger partial charge in [0.2, 0.25) is 0 Å². The third kappa shape index (κ3) is 1.85. The van der Waals surface area contributed by atoms with Crippen LogP contribution in [-0.4, -0.2) is 34.1 Å². The van der Waals surface area contributed by atoms with Gasteiger partial charge in [-0.15, -0.1) is 0 Å². The van der Waals surface area contributed by atoms with Crippen molar-refractivity contribution in [2.24, 2.45) is 0 Å². The first-order valence-electron chi connectivity index (χ1n) is 4.98. The van der Waals surface area contributed by atoms with Crippen LogP contribution in [0.2, 0.25) is 0 Å². The minimum absolute atomic E-state index is 0.0419. The van der Waals surface area contributed by atoms with Crippen molar-refractivity contribution >= 4 is 0 Å². The van der Waals surface area contributed by atoms with Crippen LogP contribution in [0.25, 0.3) is 0 Å². The second-order valence-corrected chi connectivity index (χ2v) is 3.85. The summed E-state index contributed by atoms with van der Waals surface area (Å²) in [5, 5.41) is 0. The maximum absolute atomic E-state index is 11.4. The Labute approximate surface area is 83.2 Å². The van der Waals surface area contributed by atoms with Crippen molar-refractivity contribution in [1.29, 1.82) is 0 Å². The fraction of sp³-hybridized carbons (Fsp3) is 0.600. The Hall–Kier alpha value is -1.16. The van der Waals surface area contributed by atoms with Crippen LogP contribution in [-0.2, 0) is 6.54 Å². The number of hydrogen-bond acceptors (Lipinski definition) is 3. The number of aromatic nitrogens is 2. The van der Waals surface area contributed by atoms with E-state index in [4.69, 9.17) is 0 Å². The summed E-state index contributed by atoms with van der Waals surface area (Å²) in [6.45, 7) is 1.91. The lowest BCUT2D eigenvalue weighted by Crippen LogP contribution is -2.33. The average Bonchev–Trinajstić information content (AvgIpc) is 2.56. The van der Waals surface area contributed by atoms with Gasteiger partial charge < -0.3 is 4.90 Å². The highest BCUT2D eigenvalue weighted by Gasteiger charge is 2.21. The van der Waals surface area contributed by atoms with Crippen molar-refractivity contribution in [2.75, 3.05) is 13.6 Å². The van der Waals surface area contributed by atoms with E-state index in [2.05, 4.69) is 16.9 Å². The van der Waals surface area contributed by atoms with Crippen molar-refractivity contribution in [1.82, 2.24) is 14.5 Å². The fourth-order valence-electron chi connectivity index (χ4n) is 1.95. The van der Waals surface area contributed by atoms with E-state index in [1.165, 1.54) is 25.1 Å². The van der Waals surface area contributed by atoms with E-state index in [0.29, 0.717) is 6.04 Å². The standard InChI is InChI=1S/C10H15N3O/c1-12-6-2-3-9(12)7-13-8-11-5-4-10(13)14/h4-5,8-9H,2-3,6-7H2,1H3. The van der Waals surface area contributed by atoms with Crippen molar-refractivity contribution in [2.45, 2.75) is 25.4 Å². The van der Waals surface area contributed by atoms with Crippen LogP contribution < -0.4 is 5.56 Å². The van der Waals surface area contributed by atoms with E-state index in [-0.39, 0.29) is 5.56 Å². The molecule has 0 aliphatic carbocycles. The molecule has 0 N–H and O–H groups in total. The zero-order chi connectivity index (χ0) is 9.97. The lowest BCUT2D eigenvalue weighted by atomic mass is 10.2. The average molecular weight is 193 g/mol. The van der Waals surface area contributed by atoms with Crippen LogP contribution in [0.15, 0.2) is 23.4 Å². The molecule has 0 bridgehead atoms. The highest BCUT2D eigenvalue weighted by molar-refractivity contribution is 4.85. The molecule has 1 aliphatic heterocycles. The Bertz CT molecular complexity index is 360. The summed E-state index contributed by atoms with van der Waals surface area (Å²) in [5.74, 6) is 0. The van der Waals surface area contributed by atoms with Gasteiger partial charge in [-0.2, -0.15) is 0 Å². The molecule has 1 unspecified atom stereocenters. The molecule has 1 saturated heterocycles. The molecule has 0 spiro atoms. The molecular weight excluding hydrogens is 178 g/mol. The van der Waals surface area contributed by atoms with Crippen molar-refractivity contribution in [3.63, 3.8) is 0 Å². The number of hydrogen-bond donors (Lipinski definition) is 0. The van der Waals surface area contributed by atoms with Crippen LogP contribution in [0.5, 0.6) is 0 Å². The van der Waals surface area contributed by atoms with Gasteiger partial charge in [-0.3, -0.25) is 9.36 Å². The normalized spacial score (nSPS) is 22.8. The lowest BCUT2D eigenvalue weighted by molar-refractivity contribution is 0.279. The molecule has 0 radical (unpaired) electrons. The van der Waals surface area contributed by atoms with E-state index in [9.17, 15) is 4.79 Å². The second-order valence-electron chi connectivity index (χ2n) is 3.85. The van der Waals surface area contributed by atoms with Gasteiger partial charge in [0.05, 0.1) is 6.33 Å². The van der Waals surface area contributed by atoms with Crippen LogP contribution in [0.1, 0.15) is 12.8 Å². The summed E-state index contributed by atoms with van der Waals surface area (Å²) in [6, 6.07) is 2.01. The molecule has 0 saturated carbocycles. The highest BCUT2D eigenvalue weighted by atomic mass is 16.1. The molecule has 4 nitrogen and oxygen atoms in total. The van der Waals surface area contributed by atoms with Crippen LogP contribution in [0.4, 0.5) is 0 Å². The van der Waals surface area contributed by atoms with Gasteiger partial charge in [0.25, 0.3) is 5.56 Å². The first-order valence-corrected chi connectivity index (χ1v) is 4.98. The third-order valence-electron chi connectivity index (χ3n) is 2.87. The minimum atomic E-state index is 0.0419. The van der Waals surface area contributed by atoms with E-state index in [1.807, 2.05) is 0 Å². The maximum Gasteiger partial charge on any atom is 0.253 e. The summed E-state index contributed by atoms with van der Waals surface area (Å²) in [4.78, 5) is 17.7. The topological polar surface area (TPSA) is 38.1 Å². The molecule has 1 atom stereocenters. The van der Waals surface area contributed by atoms with Crippen LogP contribution in [0, 0.1) is 0 Å². The zero-order valence-corrected chi connectivity index (χ0v) is 8.39. The molecule has 1 aromatic heterocycles. The van der Waals surface area contributed by atoms with Crippen molar-refractivity contribution in [3.8, 4) is 0 Å². The summed E-state index contributed by atoms with van der Waals surface area (Å²) >= 11 is 0. The smallest absolute Gasteiger partial charge is 0.253 e. The monoisotopic (exact) mass is 193 g/mol. The zero-order valence-electron chi connectivity index (χ0n) is 8.39. The molecule has 76 valence electrons. The quantitative estimate of drug-likeness (QED) is 0.679. The van der Waals surface area contributed by atoms with Crippen LogP contribution in [0.3, 0.4) is 0 Å². The Morgan fingerprint density at radius 3 is 3.14 bits per heavy atom. The van der Waals surface area contributed by atoms with Crippen LogP contribution >= 0.6 is 0 Å².